The van der Waals surface area contributed by atoms with Gasteiger partial charge in [0.05, 0.1) is 40.2 Å². The fraction of sp³-hybridized carbons (Fsp3) is 0.350. The fourth-order valence-corrected chi connectivity index (χ4v) is 3.39. The maximum Gasteiger partial charge on any atom is 0.164 e. The lowest BCUT2D eigenvalue weighted by Gasteiger charge is -2.10. The minimum absolute atomic E-state index is 0.411. The number of imidazole rings is 1. The number of aromatic nitrogens is 4. The van der Waals surface area contributed by atoms with Crippen LogP contribution < -0.4 is 4.74 Å². The molecule has 1 aliphatic carbocycles. The summed E-state index contributed by atoms with van der Waals surface area (Å²) in [5, 5.41) is 14.0. The summed E-state index contributed by atoms with van der Waals surface area (Å²) in [6, 6.07) is 7.34. The van der Waals surface area contributed by atoms with Gasteiger partial charge in [-0.25, -0.2) is 9.67 Å². The minimum atomic E-state index is 0.411. The topological polar surface area (TPSA) is 68.7 Å². The fourth-order valence-electron chi connectivity index (χ4n) is 3.17. The Balaban J connectivity index is 1.55. The normalized spacial score (nSPS) is 13.6. The highest BCUT2D eigenvalue weighted by molar-refractivity contribution is 6.31. The van der Waals surface area contributed by atoms with E-state index in [1.54, 1.807) is 16.8 Å². The van der Waals surface area contributed by atoms with Crippen molar-refractivity contribution in [2.75, 3.05) is 0 Å². The summed E-state index contributed by atoms with van der Waals surface area (Å²) in [4.78, 5) is 4.26. The van der Waals surface area contributed by atoms with Crippen molar-refractivity contribution in [2.45, 2.75) is 39.8 Å². The van der Waals surface area contributed by atoms with E-state index in [1.165, 1.54) is 12.8 Å². The molecule has 6 nitrogen and oxygen atoms in total. The average molecular weight is 382 g/mol. The monoisotopic (exact) mass is 381 g/mol. The van der Waals surface area contributed by atoms with Gasteiger partial charge in [-0.3, -0.25) is 0 Å². The van der Waals surface area contributed by atoms with Crippen molar-refractivity contribution in [3.8, 4) is 17.5 Å². The molecular formula is C20H20ClN5O. The smallest absolute Gasteiger partial charge is 0.164 e. The van der Waals surface area contributed by atoms with Crippen LogP contribution >= 0.6 is 11.6 Å². The van der Waals surface area contributed by atoms with Gasteiger partial charge in [0.2, 0.25) is 0 Å². The van der Waals surface area contributed by atoms with Crippen molar-refractivity contribution < 1.29 is 4.74 Å². The Morgan fingerprint density at radius 3 is 2.85 bits per heavy atom. The van der Waals surface area contributed by atoms with Gasteiger partial charge >= 0.3 is 0 Å². The number of benzene rings is 1. The van der Waals surface area contributed by atoms with Crippen molar-refractivity contribution >= 4 is 11.6 Å². The number of halogens is 1. The molecule has 0 unspecified atom stereocenters. The maximum absolute atomic E-state index is 9.04. The number of nitrogens with zero attached hydrogens (tertiary/aromatic N) is 5. The SMILES string of the molecule is Cc1nn(-c2ccc(C#N)c(Cl)c2)c(C)c1OCc1cncn1CC1CC1. The second kappa shape index (κ2) is 7.09. The molecule has 3 aromatic rings. The van der Waals surface area contributed by atoms with E-state index in [-0.39, 0.29) is 0 Å². The molecule has 27 heavy (non-hydrogen) atoms. The number of aryl methyl sites for hydroxylation is 1. The molecule has 0 spiro atoms. The van der Waals surface area contributed by atoms with E-state index in [0.717, 1.165) is 41.0 Å². The number of ether oxygens (including phenoxy) is 1. The molecule has 7 heteroatoms. The zero-order valence-electron chi connectivity index (χ0n) is 15.3. The van der Waals surface area contributed by atoms with E-state index in [0.29, 0.717) is 17.2 Å². The van der Waals surface area contributed by atoms with E-state index in [1.807, 2.05) is 32.4 Å². The second-order valence-electron chi connectivity index (χ2n) is 6.96. The summed E-state index contributed by atoms with van der Waals surface area (Å²) in [6.07, 6.45) is 6.34. The lowest BCUT2D eigenvalue weighted by Crippen LogP contribution is -2.07. The van der Waals surface area contributed by atoms with E-state index in [4.69, 9.17) is 21.6 Å². The maximum atomic E-state index is 9.04. The Hall–Kier alpha value is -2.78. The molecular weight excluding hydrogens is 362 g/mol. The summed E-state index contributed by atoms with van der Waals surface area (Å²) < 4.78 is 10.1. The third-order valence-corrected chi connectivity index (χ3v) is 5.17. The molecule has 2 aromatic heterocycles. The Kier molecular flexibility index (Phi) is 4.63. The Bertz CT molecular complexity index is 1030. The summed E-state index contributed by atoms with van der Waals surface area (Å²) in [5.74, 6) is 1.54. The third-order valence-electron chi connectivity index (χ3n) is 4.86. The van der Waals surface area contributed by atoms with E-state index in [2.05, 4.69) is 20.7 Å². The zero-order valence-corrected chi connectivity index (χ0v) is 16.1. The van der Waals surface area contributed by atoms with Gasteiger partial charge in [-0.05, 0) is 50.8 Å². The molecule has 0 atom stereocenters. The van der Waals surface area contributed by atoms with Crippen LogP contribution in [0, 0.1) is 31.1 Å². The molecule has 138 valence electrons. The predicted octanol–water partition coefficient (Wildman–Crippen LogP) is 4.20. The highest BCUT2D eigenvalue weighted by atomic mass is 35.5. The molecule has 1 aliphatic rings. The van der Waals surface area contributed by atoms with Gasteiger partial charge in [0.1, 0.15) is 18.4 Å². The first-order valence-corrected chi connectivity index (χ1v) is 9.32. The van der Waals surface area contributed by atoms with Crippen molar-refractivity contribution in [3.63, 3.8) is 0 Å². The summed E-state index contributed by atoms with van der Waals surface area (Å²) in [7, 11) is 0. The van der Waals surface area contributed by atoms with Crippen LogP contribution in [0.2, 0.25) is 5.02 Å². The van der Waals surface area contributed by atoms with Crippen LogP contribution in [0.25, 0.3) is 5.69 Å². The minimum Gasteiger partial charge on any atom is -0.483 e. The van der Waals surface area contributed by atoms with Crippen molar-refractivity contribution in [3.05, 3.63) is 58.4 Å². The van der Waals surface area contributed by atoms with Crippen LogP contribution in [0.15, 0.2) is 30.7 Å². The van der Waals surface area contributed by atoms with Crippen LogP contribution in [0.5, 0.6) is 5.75 Å². The van der Waals surface area contributed by atoms with Crippen molar-refractivity contribution in [1.29, 1.82) is 5.26 Å². The van der Waals surface area contributed by atoms with Gasteiger partial charge in [0.15, 0.2) is 5.75 Å². The van der Waals surface area contributed by atoms with Gasteiger partial charge in [0, 0.05) is 6.54 Å². The third kappa shape index (κ3) is 3.56. The number of rotatable bonds is 6. The van der Waals surface area contributed by atoms with E-state index >= 15 is 0 Å². The van der Waals surface area contributed by atoms with Gasteiger partial charge in [-0.15, -0.1) is 0 Å². The largest absolute Gasteiger partial charge is 0.483 e. The molecule has 0 aliphatic heterocycles. The molecule has 4 rings (SSSR count). The average Bonchev–Trinajstić information content (AvgIpc) is 3.29. The van der Waals surface area contributed by atoms with Crippen LogP contribution in [0.4, 0.5) is 0 Å². The number of nitriles is 1. The molecule has 0 N–H and O–H groups in total. The number of hydrogen-bond acceptors (Lipinski definition) is 4. The highest BCUT2D eigenvalue weighted by Gasteiger charge is 2.23. The molecule has 1 saturated carbocycles. The first-order valence-electron chi connectivity index (χ1n) is 8.95. The Morgan fingerprint density at radius 1 is 1.33 bits per heavy atom. The molecule has 2 heterocycles. The molecule has 1 aromatic carbocycles. The van der Waals surface area contributed by atoms with E-state index < -0.39 is 0 Å². The summed E-state index contributed by atoms with van der Waals surface area (Å²) in [6.45, 7) is 5.35. The van der Waals surface area contributed by atoms with Crippen LogP contribution in [-0.4, -0.2) is 19.3 Å². The van der Waals surface area contributed by atoms with Crippen LogP contribution in [-0.2, 0) is 13.2 Å². The summed E-state index contributed by atoms with van der Waals surface area (Å²) >= 11 is 6.17. The molecule has 0 bridgehead atoms. The molecule has 0 amide bonds. The van der Waals surface area contributed by atoms with Crippen LogP contribution in [0.3, 0.4) is 0 Å². The summed E-state index contributed by atoms with van der Waals surface area (Å²) in [5.41, 5.74) is 4.01. The van der Waals surface area contributed by atoms with E-state index in [9.17, 15) is 0 Å². The quantitative estimate of drug-likeness (QED) is 0.641. The zero-order chi connectivity index (χ0) is 19.0. The van der Waals surface area contributed by atoms with Crippen molar-refractivity contribution in [1.82, 2.24) is 19.3 Å². The lowest BCUT2D eigenvalue weighted by atomic mass is 10.2. The molecule has 0 saturated heterocycles. The Morgan fingerprint density at radius 2 is 2.15 bits per heavy atom. The number of hydrogen-bond donors (Lipinski definition) is 0. The predicted molar refractivity (Wildman–Crippen MR) is 102 cm³/mol. The lowest BCUT2D eigenvalue weighted by molar-refractivity contribution is 0.290. The second-order valence-corrected chi connectivity index (χ2v) is 7.36. The van der Waals surface area contributed by atoms with Crippen LogP contribution in [0.1, 0.15) is 35.5 Å². The van der Waals surface area contributed by atoms with Gasteiger partial charge < -0.3 is 9.30 Å². The standard InChI is InChI=1S/C20H20ClN5O/c1-13-20(27-11-18-9-23-12-25(18)10-15-3-4-15)14(2)26(24-13)17-6-5-16(8-22)19(21)7-17/h5-7,9,12,15H,3-4,10-11H2,1-2H3. The molecule has 1 fully saturated rings. The highest BCUT2D eigenvalue weighted by Crippen LogP contribution is 2.31. The first kappa shape index (κ1) is 17.6. The first-order chi connectivity index (χ1) is 13.1. The van der Waals surface area contributed by atoms with Gasteiger partial charge in [0.25, 0.3) is 0 Å². The van der Waals surface area contributed by atoms with Crippen molar-refractivity contribution in [2.24, 2.45) is 5.92 Å². The molecule has 0 radical (unpaired) electrons. The Labute approximate surface area is 163 Å². The van der Waals surface area contributed by atoms with Gasteiger partial charge in [-0.2, -0.15) is 10.4 Å². The van der Waals surface area contributed by atoms with Gasteiger partial charge in [-0.1, -0.05) is 11.6 Å².